The molecule has 2 fully saturated rings. The molecule has 2 heteroatoms. The van der Waals surface area contributed by atoms with Gasteiger partial charge in [-0.2, -0.15) is 0 Å². The van der Waals surface area contributed by atoms with E-state index in [2.05, 4.69) is 19.2 Å². The van der Waals surface area contributed by atoms with Crippen molar-refractivity contribution in [2.45, 2.75) is 64.8 Å². The van der Waals surface area contributed by atoms with Crippen LogP contribution >= 0.6 is 0 Å². The maximum absolute atomic E-state index is 9.07. The smallest absolute Gasteiger partial charge is 0.0436 e. The van der Waals surface area contributed by atoms with Gasteiger partial charge in [-0.05, 0) is 49.4 Å². The summed E-state index contributed by atoms with van der Waals surface area (Å²) in [5.41, 5.74) is 0.472. The molecule has 0 bridgehead atoms. The first-order valence-electron chi connectivity index (χ1n) is 7.49. The third-order valence-corrected chi connectivity index (χ3v) is 5.02. The zero-order chi connectivity index (χ0) is 12.3. The van der Waals surface area contributed by atoms with Gasteiger partial charge >= 0.3 is 0 Å². The van der Waals surface area contributed by atoms with Crippen molar-refractivity contribution >= 4 is 0 Å². The predicted octanol–water partition coefficient (Wildman–Crippen LogP) is 2.95. The molecule has 2 unspecified atom stereocenters. The van der Waals surface area contributed by atoms with Gasteiger partial charge in [-0.1, -0.05) is 26.7 Å². The Hall–Kier alpha value is -0.0800. The predicted molar refractivity (Wildman–Crippen MR) is 72.0 cm³/mol. The van der Waals surface area contributed by atoms with Crippen LogP contribution in [0.5, 0.6) is 0 Å². The van der Waals surface area contributed by atoms with Crippen molar-refractivity contribution in [3.8, 4) is 0 Å². The minimum absolute atomic E-state index is 0.362. The number of rotatable bonds is 6. The summed E-state index contributed by atoms with van der Waals surface area (Å²) in [5, 5.41) is 12.8. The number of aliphatic hydroxyl groups is 1. The molecule has 0 radical (unpaired) electrons. The molecule has 2 nitrogen and oxygen atoms in total. The zero-order valence-corrected chi connectivity index (χ0v) is 11.5. The van der Waals surface area contributed by atoms with Crippen molar-refractivity contribution < 1.29 is 5.11 Å². The van der Waals surface area contributed by atoms with Crippen LogP contribution in [0.3, 0.4) is 0 Å². The molecule has 2 atom stereocenters. The lowest BCUT2D eigenvalue weighted by Gasteiger charge is -2.33. The molecule has 0 aromatic rings. The van der Waals surface area contributed by atoms with Gasteiger partial charge in [0.2, 0.25) is 0 Å². The Morgan fingerprint density at radius 1 is 1.29 bits per heavy atom. The van der Waals surface area contributed by atoms with Crippen LogP contribution in [0.4, 0.5) is 0 Å². The van der Waals surface area contributed by atoms with Gasteiger partial charge in [-0.15, -0.1) is 0 Å². The van der Waals surface area contributed by atoms with Gasteiger partial charge in [0.25, 0.3) is 0 Å². The Morgan fingerprint density at radius 3 is 2.65 bits per heavy atom. The summed E-state index contributed by atoms with van der Waals surface area (Å²) in [4.78, 5) is 0. The molecule has 0 amide bonds. The maximum Gasteiger partial charge on any atom is 0.0436 e. The molecule has 17 heavy (non-hydrogen) atoms. The van der Waals surface area contributed by atoms with E-state index in [9.17, 15) is 0 Å². The molecule has 0 saturated heterocycles. The van der Waals surface area contributed by atoms with E-state index in [0.29, 0.717) is 12.0 Å². The molecule has 2 aliphatic carbocycles. The van der Waals surface area contributed by atoms with Gasteiger partial charge in [0.1, 0.15) is 0 Å². The van der Waals surface area contributed by atoms with Crippen molar-refractivity contribution in [2.24, 2.45) is 17.3 Å². The summed E-state index contributed by atoms with van der Waals surface area (Å²) in [6, 6.07) is 0.743. The van der Waals surface area contributed by atoms with Crippen LogP contribution in [0.25, 0.3) is 0 Å². The second kappa shape index (κ2) is 5.71. The molecule has 0 aromatic carbocycles. The Kier molecular flexibility index (Phi) is 4.48. The van der Waals surface area contributed by atoms with E-state index in [-0.39, 0.29) is 0 Å². The second-order valence-electron chi connectivity index (χ2n) is 6.72. The third-order valence-electron chi connectivity index (χ3n) is 5.02. The highest BCUT2D eigenvalue weighted by Crippen LogP contribution is 2.48. The van der Waals surface area contributed by atoms with Crippen molar-refractivity contribution in [1.82, 2.24) is 5.32 Å². The van der Waals surface area contributed by atoms with E-state index in [0.717, 1.165) is 30.8 Å². The Balaban J connectivity index is 1.72. The fourth-order valence-electron chi connectivity index (χ4n) is 3.31. The van der Waals surface area contributed by atoms with Crippen LogP contribution < -0.4 is 5.32 Å². The molecule has 0 heterocycles. The summed E-state index contributed by atoms with van der Waals surface area (Å²) < 4.78 is 0. The van der Waals surface area contributed by atoms with Gasteiger partial charge < -0.3 is 10.4 Å². The van der Waals surface area contributed by atoms with Crippen molar-refractivity contribution in [3.05, 3.63) is 0 Å². The van der Waals surface area contributed by atoms with Gasteiger partial charge in [0, 0.05) is 19.2 Å². The molecular weight excluding hydrogens is 210 g/mol. The molecule has 2 N–H and O–H groups in total. The lowest BCUT2D eigenvalue weighted by molar-refractivity contribution is 0.209. The highest BCUT2D eigenvalue weighted by atomic mass is 16.3. The summed E-state index contributed by atoms with van der Waals surface area (Å²) >= 11 is 0. The van der Waals surface area contributed by atoms with Crippen molar-refractivity contribution in [1.29, 1.82) is 0 Å². The van der Waals surface area contributed by atoms with Crippen LogP contribution in [-0.4, -0.2) is 24.3 Å². The fraction of sp³-hybridized carbons (Fsp3) is 1.00. The highest BCUT2D eigenvalue weighted by Gasteiger charge is 2.41. The molecule has 2 saturated carbocycles. The van der Waals surface area contributed by atoms with E-state index in [4.69, 9.17) is 5.11 Å². The standard InChI is InChI=1S/C15H29NO/c1-12(2)13-4-3-5-14(10-13)16-11-15(6-7-15)8-9-17/h12-14,16-17H,3-11H2,1-2H3. The average Bonchev–Trinajstić information content (AvgIpc) is 3.08. The van der Waals surface area contributed by atoms with Crippen LogP contribution in [0.2, 0.25) is 0 Å². The summed E-state index contributed by atoms with van der Waals surface area (Å²) in [7, 11) is 0. The van der Waals surface area contributed by atoms with Gasteiger partial charge in [0.15, 0.2) is 0 Å². The Bertz CT molecular complexity index is 235. The molecular formula is C15H29NO. The van der Waals surface area contributed by atoms with E-state index >= 15 is 0 Å². The summed E-state index contributed by atoms with van der Waals surface area (Å²) in [6.45, 7) is 6.23. The Labute approximate surface area is 106 Å². The SMILES string of the molecule is CC(C)C1CCCC(NCC2(CCO)CC2)C1. The molecule has 0 aromatic heterocycles. The van der Waals surface area contributed by atoms with Crippen LogP contribution in [0.15, 0.2) is 0 Å². The minimum atomic E-state index is 0.362. The van der Waals surface area contributed by atoms with Gasteiger partial charge in [-0.25, -0.2) is 0 Å². The fourth-order valence-corrected chi connectivity index (χ4v) is 3.31. The first kappa shape index (κ1) is 13.4. The largest absolute Gasteiger partial charge is 0.396 e. The lowest BCUT2D eigenvalue weighted by Crippen LogP contribution is -2.38. The summed E-state index contributed by atoms with van der Waals surface area (Å²) in [6.07, 6.45) is 9.19. The molecule has 2 aliphatic rings. The zero-order valence-electron chi connectivity index (χ0n) is 11.5. The normalized spacial score (nSPS) is 31.8. The quantitative estimate of drug-likeness (QED) is 0.747. The van der Waals surface area contributed by atoms with Crippen LogP contribution in [-0.2, 0) is 0 Å². The Morgan fingerprint density at radius 2 is 2.06 bits per heavy atom. The van der Waals surface area contributed by atoms with Crippen LogP contribution in [0, 0.1) is 17.3 Å². The topological polar surface area (TPSA) is 32.3 Å². The highest BCUT2D eigenvalue weighted by molar-refractivity contribution is 4.95. The lowest BCUT2D eigenvalue weighted by atomic mass is 9.79. The first-order valence-corrected chi connectivity index (χ1v) is 7.49. The van der Waals surface area contributed by atoms with Gasteiger partial charge in [0.05, 0.1) is 0 Å². The number of hydrogen-bond donors (Lipinski definition) is 2. The first-order chi connectivity index (χ1) is 8.15. The average molecular weight is 239 g/mol. The van der Waals surface area contributed by atoms with E-state index in [1.165, 1.54) is 38.5 Å². The van der Waals surface area contributed by atoms with Crippen molar-refractivity contribution in [3.63, 3.8) is 0 Å². The number of nitrogens with one attached hydrogen (secondary N) is 1. The van der Waals surface area contributed by atoms with E-state index < -0.39 is 0 Å². The van der Waals surface area contributed by atoms with Crippen LogP contribution in [0.1, 0.15) is 58.8 Å². The second-order valence-corrected chi connectivity index (χ2v) is 6.72. The van der Waals surface area contributed by atoms with E-state index in [1.807, 2.05) is 0 Å². The molecule has 0 aliphatic heterocycles. The minimum Gasteiger partial charge on any atom is -0.396 e. The third kappa shape index (κ3) is 3.69. The van der Waals surface area contributed by atoms with E-state index in [1.54, 1.807) is 0 Å². The monoisotopic (exact) mass is 239 g/mol. The maximum atomic E-state index is 9.07. The number of hydrogen-bond acceptors (Lipinski definition) is 2. The molecule has 2 rings (SSSR count). The molecule has 0 spiro atoms. The van der Waals surface area contributed by atoms with Gasteiger partial charge in [-0.3, -0.25) is 0 Å². The summed E-state index contributed by atoms with van der Waals surface area (Å²) in [5.74, 6) is 1.76. The van der Waals surface area contributed by atoms with Crippen molar-refractivity contribution in [2.75, 3.05) is 13.2 Å². The number of aliphatic hydroxyl groups excluding tert-OH is 1. The molecule has 100 valence electrons.